The lowest BCUT2D eigenvalue weighted by atomic mass is 9.98. The average Bonchev–Trinajstić information content (AvgIpc) is 2.52. The molecule has 0 amide bonds. The summed E-state index contributed by atoms with van der Waals surface area (Å²) >= 11 is 2.95. The van der Waals surface area contributed by atoms with Crippen molar-refractivity contribution in [3.05, 3.63) is 9.98 Å². The molecule has 0 spiro atoms. The molecule has 1 saturated heterocycles. The number of halogens is 1. The Morgan fingerprint density at radius 2 is 1.65 bits per heavy atom. The fraction of sp³-hybridized carbons (Fsp3) is 0.833. The van der Waals surface area contributed by atoms with Crippen LogP contribution in [0.4, 0.5) is 0 Å². The van der Waals surface area contributed by atoms with E-state index in [0.29, 0.717) is 0 Å². The van der Waals surface area contributed by atoms with Crippen molar-refractivity contribution in [2.24, 2.45) is 0 Å². The van der Waals surface area contributed by atoms with Crippen LogP contribution in [0.5, 0.6) is 0 Å². The molecule has 0 radical (unpaired) electrons. The second-order valence-corrected chi connectivity index (χ2v) is 8.01. The van der Waals surface area contributed by atoms with Gasteiger partial charge in [0, 0.05) is 7.11 Å². The lowest BCUT2D eigenvalue weighted by molar-refractivity contribution is -0.286. The van der Waals surface area contributed by atoms with Crippen LogP contribution < -0.4 is 0 Å². The van der Waals surface area contributed by atoms with Gasteiger partial charge in [-0.3, -0.25) is 4.57 Å². The predicted molar refractivity (Wildman–Crippen MR) is 83.1 cm³/mol. The molecule has 4 N–H and O–H groups in total. The third-order valence-corrected chi connectivity index (χ3v) is 6.74. The van der Waals surface area contributed by atoms with Crippen LogP contribution in [-0.4, -0.2) is 71.5 Å². The topological polar surface area (TPSA) is 135 Å². The first-order valence-electron chi connectivity index (χ1n) is 6.94. The van der Waals surface area contributed by atoms with Crippen LogP contribution in [-0.2, 0) is 23.1 Å². The summed E-state index contributed by atoms with van der Waals surface area (Å²) in [6.45, 7) is 3.29. The standard InChI is InChI=1S/C12H22BrO9P/c1-4-20-23(18,21-5-2)11(13)9(17)10-7(15)6(14)8(16)12(19-3)22-10/h6-8,10,12,14-17H,4-5H2,1-3H3/b11-9-/t6-,7-,8+,10-,12-/m0/s1. The summed E-state index contributed by atoms with van der Waals surface area (Å²) in [5, 5.41) is 39.8. The van der Waals surface area contributed by atoms with Gasteiger partial charge in [0.2, 0.25) is 0 Å². The van der Waals surface area contributed by atoms with Crippen molar-refractivity contribution in [1.29, 1.82) is 0 Å². The van der Waals surface area contributed by atoms with Crippen molar-refractivity contribution in [2.45, 2.75) is 44.6 Å². The van der Waals surface area contributed by atoms with Crippen molar-refractivity contribution in [3.63, 3.8) is 0 Å². The van der Waals surface area contributed by atoms with Gasteiger partial charge < -0.3 is 38.9 Å². The minimum Gasteiger partial charge on any atom is -0.508 e. The van der Waals surface area contributed by atoms with Gasteiger partial charge in [0.1, 0.15) is 34.4 Å². The highest BCUT2D eigenvalue weighted by atomic mass is 79.9. The van der Waals surface area contributed by atoms with Gasteiger partial charge in [0.15, 0.2) is 6.29 Å². The molecule has 0 aromatic heterocycles. The summed E-state index contributed by atoms with van der Waals surface area (Å²) < 4.78 is 32.5. The third kappa shape index (κ3) is 4.53. The van der Waals surface area contributed by atoms with Crippen molar-refractivity contribution in [2.75, 3.05) is 20.3 Å². The van der Waals surface area contributed by atoms with Gasteiger partial charge in [0.25, 0.3) is 0 Å². The minimum atomic E-state index is -3.85. The molecule has 0 saturated carbocycles. The fourth-order valence-electron chi connectivity index (χ4n) is 2.02. The quantitative estimate of drug-likeness (QED) is 0.348. The number of ether oxygens (including phenoxy) is 2. The van der Waals surface area contributed by atoms with Crippen LogP contribution in [0.2, 0.25) is 0 Å². The van der Waals surface area contributed by atoms with Crippen molar-refractivity contribution in [3.8, 4) is 0 Å². The van der Waals surface area contributed by atoms with E-state index in [-0.39, 0.29) is 17.4 Å². The molecule has 0 unspecified atom stereocenters. The molecule has 11 heteroatoms. The largest absolute Gasteiger partial charge is 0.508 e. The Labute approximate surface area is 142 Å². The van der Waals surface area contributed by atoms with Crippen LogP contribution >= 0.6 is 23.5 Å². The van der Waals surface area contributed by atoms with Crippen LogP contribution in [0.1, 0.15) is 13.8 Å². The van der Waals surface area contributed by atoms with Gasteiger partial charge in [-0.1, -0.05) is 0 Å². The number of methoxy groups -OCH3 is 1. The molecule has 1 aliphatic heterocycles. The van der Waals surface area contributed by atoms with Gasteiger partial charge in [-0.15, -0.1) is 0 Å². The number of aliphatic hydroxyl groups is 4. The van der Waals surface area contributed by atoms with E-state index >= 15 is 0 Å². The van der Waals surface area contributed by atoms with Crippen LogP contribution in [0.25, 0.3) is 0 Å². The molecular formula is C12H22BrO9P. The Hall–Kier alpha value is -0.0300. The maximum Gasteiger partial charge on any atom is 0.371 e. The molecule has 0 aromatic carbocycles. The number of rotatable bonds is 7. The highest BCUT2D eigenvalue weighted by Gasteiger charge is 2.47. The zero-order valence-corrected chi connectivity index (χ0v) is 15.4. The Bertz CT molecular complexity index is 459. The fourth-order valence-corrected chi connectivity index (χ4v) is 4.25. The summed E-state index contributed by atoms with van der Waals surface area (Å²) in [5.74, 6) is -0.685. The Kier molecular flexibility index (Phi) is 8.12. The number of aliphatic hydroxyl groups excluding tert-OH is 4. The lowest BCUT2D eigenvalue weighted by Gasteiger charge is -2.39. The van der Waals surface area contributed by atoms with E-state index in [4.69, 9.17) is 18.5 Å². The first kappa shape index (κ1) is 21.0. The summed E-state index contributed by atoms with van der Waals surface area (Å²) in [6.07, 6.45) is -7.62. The van der Waals surface area contributed by atoms with Crippen LogP contribution in [0.3, 0.4) is 0 Å². The first-order chi connectivity index (χ1) is 10.7. The lowest BCUT2D eigenvalue weighted by Crippen LogP contribution is -2.58. The molecule has 23 heavy (non-hydrogen) atoms. The number of hydrogen-bond donors (Lipinski definition) is 4. The smallest absolute Gasteiger partial charge is 0.371 e. The van der Waals surface area contributed by atoms with Gasteiger partial charge in [0.05, 0.1) is 13.2 Å². The molecule has 0 bridgehead atoms. The summed E-state index contributed by atoms with van der Waals surface area (Å²) in [7, 11) is -2.63. The second kappa shape index (κ2) is 8.89. The predicted octanol–water partition coefficient (Wildman–Crippen LogP) is 0.828. The van der Waals surface area contributed by atoms with Crippen LogP contribution in [0, 0.1) is 0 Å². The minimum absolute atomic E-state index is 0.0514. The zero-order valence-electron chi connectivity index (χ0n) is 13.0. The van der Waals surface area contributed by atoms with E-state index < -0.39 is 44.1 Å². The molecule has 1 fully saturated rings. The van der Waals surface area contributed by atoms with E-state index in [1.54, 1.807) is 13.8 Å². The average molecular weight is 421 g/mol. The summed E-state index contributed by atoms with van der Waals surface area (Å²) in [4.78, 5) is 0. The second-order valence-electron chi connectivity index (χ2n) is 4.64. The normalized spacial score (nSPS) is 33.4. The van der Waals surface area contributed by atoms with Gasteiger partial charge in [-0.05, 0) is 29.8 Å². The molecule has 1 rings (SSSR count). The van der Waals surface area contributed by atoms with Crippen molar-refractivity contribution < 1.29 is 43.5 Å². The molecule has 5 atom stereocenters. The van der Waals surface area contributed by atoms with Gasteiger partial charge in [-0.25, -0.2) is 0 Å². The highest BCUT2D eigenvalue weighted by Crippen LogP contribution is 2.60. The van der Waals surface area contributed by atoms with Crippen LogP contribution in [0.15, 0.2) is 9.98 Å². The monoisotopic (exact) mass is 420 g/mol. The van der Waals surface area contributed by atoms with E-state index in [1.807, 2.05) is 0 Å². The van der Waals surface area contributed by atoms with E-state index in [1.165, 1.54) is 7.11 Å². The maximum atomic E-state index is 12.6. The van der Waals surface area contributed by atoms with Gasteiger partial charge >= 0.3 is 7.60 Å². The third-order valence-electron chi connectivity index (χ3n) is 3.12. The Morgan fingerprint density at radius 1 is 1.13 bits per heavy atom. The van der Waals surface area contributed by atoms with E-state index in [0.717, 1.165) is 0 Å². The Morgan fingerprint density at radius 3 is 2.09 bits per heavy atom. The molecule has 1 heterocycles. The highest BCUT2D eigenvalue weighted by molar-refractivity contribution is 9.13. The van der Waals surface area contributed by atoms with E-state index in [2.05, 4.69) is 15.9 Å². The molecule has 1 aliphatic rings. The molecule has 0 aliphatic carbocycles. The molecule has 9 nitrogen and oxygen atoms in total. The number of hydrogen-bond acceptors (Lipinski definition) is 9. The molecular weight excluding hydrogens is 399 g/mol. The zero-order chi connectivity index (χ0) is 17.8. The van der Waals surface area contributed by atoms with Crippen molar-refractivity contribution in [1.82, 2.24) is 0 Å². The molecule has 136 valence electrons. The summed E-state index contributed by atoms with van der Waals surface area (Å²) in [5.41, 5.74) is 0. The SMILES string of the molecule is CCOP(=O)(OCC)/C(Br)=C(\O)[C@H]1O[C@H](OC)[C@H](O)[C@@H](O)[C@@H]1O. The first-order valence-corrected chi connectivity index (χ1v) is 9.27. The van der Waals surface area contributed by atoms with Gasteiger partial charge in [-0.2, -0.15) is 0 Å². The molecule has 0 aromatic rings. The summed E-state index contributed by atoms with van der Waals surface area (Å²) in [6, 6.07) is 0. The van der Waals surface area contributed by atoms with Crippen molar-refractivity contribution >= 4 is 23.5 Å². The van der Waals surface area contributed by atoms with E-state index in [9.17, 15) is 25.0 Å². The Balaban J connectivity index is 3.17. The maximum absolute atomic E-state index is 12.6.